The molecule has 0 bridgehead atoms. The van der Waals surface area contributed by atoms with Gasteiger partial charge in [-0.1, -0.05) is 0 Å². The standard InChI is InChI=1S/C12H13N3O5S/c1-13-10-2-3-11(15(16)17)12(6-10)21(18,19)14-7-9-4-5-20-8-9/h2-6,8,13-14H,7H2,1H3. The minimum atomic E-state index is -4.02. The van der Waals surface area contributed by atoms with Crippen LogP contribution in [0.2, 0.25) is 0 Å². The normalized spacial score (nSPS) is 11.3. The molecule has 0 saturated heterocycles. The van der Waals surface area contributed by atoms with E-state index in [-0.39, 0.29) is 11.4 Å². The Hall–Kier alpha value is -2.39. The average Bonchev–Trinajstić information content (AvgIpc) is 2.98. The van der Waals surface area contributed by atoms with Crippen molar-refractivity contribution in [2.75, 3.05) is 12.4 Å². The van der Waals surface area contributed by atoms with Crippen LogP contribution in [0.4, 0.5) is 11.4 Å². The molecule has 112 valence electrons. The van der Waals surface area contributed by atoms with Crippen LogP contribution in [0.25, 0.3) is 0 Å². The van der Waals surface area contributed by atoms with Crippen molar-refractivity contribution >= 4 is 21.4 Å². The third kappa shape index (κ3) is 3.38. The summed E-state index contributed by atoms with van der Waals surface area (Å²) in [5, 5.41) is 13.7. The van der Waals surface area contributed by atoms with Gasteiger partial charge in [-0.25, -0.2) is 13.1 Å². The molecule has 8 nitrogen and oxygen atoms in total. The summed E-state index contributed by atoms with van der Waals surface area (Å²) in [6.07, 6.45) is 2.80. The van der Waals surface area contributed by atoms with Crippen LogP contribution in [0, 0.1) is 10.1 Å². The molecular formula is C12H13N3O5S. The summed E-state index contributed by atoms with van der Waals surface area (Å²) in [5.74, 6) is 0. The molecule has 0 radical (unpaired) electrons. The summed E-state index contributed by atoms with van der Waals surface area (Å²) in [5.41, 5.74) is 0.601. The number of benzene rings is 1. The van der Waals surface area contributed by atoms with Crippen molar-refractivity contribution in [1.29, 1.82) is 0 Å². The highest BCUT2D eigenvalue weighted by Crippen LogP contribution is 2.26. The lowest BCUT2D eigenvalue weighted by molar-refractivity contribution is -0.387. The van der Waals surface area contributed by atoms with Crippen molar-refractivity contribution in [2.24, 2.45) is 0 Å². The third-order valence-electron chi connectivity index (χ3n) is 2.78. The number of nitrogens with zero attached hydrogens (tertiary/aromatic N) is 1. The fraction of sp³-hybridized carbons (Fsp3) is 0.167. The molecule has 0 aliphatic rings. The Morgan fingerprint density at radius 2 is 2.10 bits per heavy atom. The Kier molecular flexibility index (Phi) is 4.24. The molecule has 1 heterocycles. The van der Waals surface area contributed by atoms with E-state index < -0.39 is 20.6 Å². The van der Waals surface area contributed by atoms with E-state index in [0.29, 0.717) is 11.3 Å². The lowest BCUT2D eigenvalue weighted by Crippen LogP contribution is -2.24. The largest absolute Gasteiger partial charge is 0.472 e. The second-order valence-electron chi connectivity index (χ2n) is 4.15. The summed E-state index contributed by atoms with van der Waals surface area (Å²) in [6, 6.07) is 5.41. The molecule has 9 heteroatoms. The lowest BCUT2D eigenvalue weighted by Gasteiger charge is -2.08. The van der Waals surface area contributed by atoms with E-state index in [1.165, 1.54) is 24.7 Å². The zero-order chi connectivity index (χ0) is 15.5. The van der Waals surface area contributed by atoms with Crippen molar-refractivity contribution in [1.82, 2.24) is 4.72 Å². The smallest absolute Gasteiger partial charge is 0.289 e. The van der Waals surface area contributed by atoms with Gasteiger partial charge in [0.2, 0.25) is 10.0 Å². The van der Waals surface area contributed by atoms with Crippen LogP contribution in [-0.4, -0.2) is 20.4 Å². The number of sulfonamides is 1. The highest BCUT2D eigenvalue weighted by molar-refractivity contribution is 7.89. The number of furan rings is 1. The van der Waals surface area contributed by atoms with E-state index in [4.69, 9.17) is 4.42 Å². The van der Waals surface area contributed by atoms with Crippen LogP contribution in [0.3, 0.4) is 0 Å². The molecule has 2 aromatic rings. The summed E-state index contributed by atoms with van der Waals surface area (Å²) < 4.78 is 31.6. The summed E-state index contributed by atoms with van der Waals surface area (Å²) >= 11 is 0. The lowest BCUT2D eigenvalue weighted by atomic mass is 10.3. The Morgan fingerprint density at radius 3 is 2.67 bits per heavy atom. The molecule has 0 saturated carbocycles. The van der Waals surface area contributed by atoms with Crippen LogP contribution in [0.5, 0.6) is 0 Å². The predicted molar refractivity (Wildman–Crippen MR) is 75.4 cm³/mol. The molecule has 0 aliphatic carbocycles. The Bertz CT molecular complexity index is 740. The van der Waals surface area contributed by atoms with Crippen LogP contribution in [0.1, 0.15) is 5.56 Å². The molecule has 21 heavy (non-hydrogen) atoms. The van der Waals surface area contributed by atoms with E-state index in [2.05, 4.69) is 10.0 Å². The van der Waals surface area contributed by atoms with Gasteiger partial charge in [-0.15, -0.1) is 0 Å². The molecule has 1 aromatic heterocycles. The minimum absolute atomic E-state index is 0.0141. The first-order valence-corrected chi connectivity index (χ1v) is 7.39. The Labute approximate surface area is 121 Å². The van der Waals surface area contributed by atoms with Gasteiger partial charge in [0, 0.05) is 30.9 Å². The molecule has 2 N–H and O–H groups in total. The maximum absolute atomic E-state index is 12.2. The van der Waals surface area contributed by atoms with Crippen molar-refractivity contribution < 1.29 is 17.8 Å². The van der Waals surface area contributed by atoms with E-state index in [9.17, 15) is 18.5 Å². The number of nitro groups is 1. The topological polar surface area (TPSA) is 114 Å². The van der Waals surface area contributed by atoms with E-state index >= 15 is 0 Å². The molecule has 0 spiro atoms. The second kappa shape index (κ2) is 5.94. The number of anilines is 1. The van der Waals surface area contributed by atoms with E-state index in [1.54, 1.807) is 13.1 Å². The number of nitrogens with one attached hydrogen (secondary N) is 2. The van der Waals surface area contributed by atoms with Crippen molar-refractivity contribution in [2.45, 2.75) is 11.4 Å². The minimum Gasteiger partial charge on any atom is -0.472 e. The van der Waals surface area contributed by atoms with E-state index in [1.807, 2.05) is 0 Å². The van der Waals surface area contributed by atoms with Crippen LogP contribution in [-0.2, 0) is 16.6 Å². The maximum atomic E-state index is 12.2. The first-order chi connectivity index (χ1) is 9.94. The summed E-state index contributed by atoms with van der Waals surface area (Å²) in [7, 11) is -2.42. The van der Waals surface area contributed by atoms with Crippen molar-refractivity contribution in [3.63, 3.8) is 0 Å². The van der Waals surface area contributed by atoms with Crippen LogP contribution in [0.15, 0.2) is 46.1 Å². The van der Waals surface area contributed by atoms with Crippen molar-refractivity contribution in [3.05, 3.63) is 52.5 Å². The van der Waals surface area contributed by atoms with Gasteiger partial charge in [-0.05, 0) is 18.2 Å². The van der Waals surface area contributed by atoms with Gasteiger partial charge in [0.25, 0.3) is 5.69 Å². The fourth-order valence-electron chi connectivity index (χ4n) is 1.69. The summed E-state index contributed by atoms with van der Waals surface area (Å²) in [6.45, 7) is -0.0141. The highest BCUT2D eigenvalue weighted by atomic mass is 32.2. The van der Waals surface area contributed by atoms with Gasteiger partial charge in [-0.3, -0.25) is 10.1 Å². The molecular weight excluding hydrogens is 298 g/mol. The van der Waals surface area contributed by atoms with Gasteiger partial charge in [0.05, 0.1) is 17.4 Å². The first-order valence-electron chi connectivity index (χ1n) is 5.91. The fourth-order valence-corrected chi connectivity index (χ4v) is 2.90. The molecule has 1 aromatic carbocycles. The number of hydrogen-bond acceptors (Lipinski definition) is 6. The van der Waals surface area contributed by atoms with Gasteiger partial charge >= 0.3 is 0 Å². The van der Waals surface area contributed by atoms with E-state index in [0.717, 1.165) is 6.07 Å². The van der Waals surface area contributed by atoms with Gasteiger partial charge in [-0.2, -0.15) is 0 Å². The predicted octanol–water partition coefficient (Wildman–Crippen LogP) is 1.71. The SMILES string of the molecule is CNc1ccc([N+](=O)[O-])c(S(=O)(=O)NCc2ccoc2)c1. The van der Waals surface area contributed by atoms with Crippen molar-refractivity contribution in [3.8, 4) is 0 Å². The molecule has 0 amide bonds. The number of hydrogen-bond donors (Lipinski definition) is 2. The number of rotatable bonds is 6. The maximum Gasteiger partial charge on any atom is 0.289 e. The average molecular weight is 311 g/mol. The Morgan fingerprint density at radius 1 is 1.33 bits per heavy atom. The van der Waals surface area contributed by atoms with Gasteiger partial charge < -0.3 is 9.73 Å². The first kappa shape index (κ1) is 15.0. The molecule has 0 atom stereocenters. The van der Waals surface area contributed by atoms with Gasteiger partial charge in [0.1, 0.15) is 0 Å². The Balaban J connectivity index is 2.35. The zero-order valence-corrected chi connectivity index (χ0v) is 11.9. The van der Waals surface area contributed by atoms with Gasteiger partial charge in [0.15, 0.2) is 4.90 Å². The third-order valence-corrected chi connectivity index (χ3v) is 4.21. The molecule has 0 unspecified atom stereocenters. The number of nitro benzene ring substituents is 1. The summed E-state index contributed by atoms with van der Waals surface area (Å²) in [4.78, 5) is 9.86. The highest BCUT2D eigenvalue weighted by Gasteiger charge is 2.26. The van der Waals surface area contributed by atoms with Crippen LogP contribution < -0.4 is 10.0 Å². The second-order valence-corrected chi connectivity index (χ2v) is 5.88. The molecule has 2 rings (SSSR count). The molecule has 0 aliphatic heterocycles. The zero-order valence-electron chi connectivity index (χ0n) is 11.1. The molecule has 0 fully saturated rings. The van der Waals surface area contributed by atoms with Crippen LogP contribution >= 0.6 is 0 Å². The monoisotopic (exact) mass is 311 g/mol. The quantitative estimate of drug-likeness (QED) is 0.620.